The van der Waals surface area contributed by atoms with E-state index in [1.54, 1.807) is 31.1 Å². The van der Waals surface area contributed by atoms with Gasteiger partial charge in [0, 0.05) is 23.3 Å². The summed E-state index contributed by atoms with van der Waals surface area (Å²) in [7, 11) is 1.62. The fraction of sp³-hybridized carbons (Fsp3) is 0.188. The van der Waals surface area contributed by atoms with Gasteiger partial charge in [-0.3, -0.25) is 14.5 Å². The maximum atomic E-state index is 11.3. The number of methoxy groups -OCH3 is 1. The van der Waals surface area contributed by atoms with Crippen molar-refractivity contribution in [3.05, 3.63) is 42.9 Å². The van der Waals surface area contributed by atoms with E-state index in [9.17, 15) is 4.79 Å². The Kier molecular flexibility index (Phi) is 3.50. The van der Waals surface area contributed by atoms with Crippen LogP contribution in [0.2, 0.25) is 0 Å². The van der Waals surface area contributed by atoms with E-state index in [1.807, 2.05) is 30.5 Å². The number of nitrogens with zero attached hydrogens (tertiary/aromatic N) is 3. The number of benzene rings is 1. The third-order valence-electron chi connectivity index (χ3n) is 3.67. The molecule has 0 spiro atoms. The summed E-state index contributed by atoms with van der Waals surface area (Å²) in [6, 6.07) is 7.20. The van der Waals surface area contributed by atoms with Crippen LogP contribution in [0.5, 0.6) is 5.75 Å². The van der Waals surface area contributed by atoms with E-state index in [0.717, 1.165) is 27.8 Å². The summed E-state index contributed by atoms with van der Waals surface area (Å²) >= 11 is 0. The topological polar surface area (TPSA) is 83.0 Å². The molecule has 22 heavy (non-hydrogen) atoms. The second kappa shape index (κ2) is 5.48. The predicted octanol–water partition coefficient (Wildman–Crippen LogP) is 2.15. The highest BCUT2D eigenvalue weighted by Gasteiger charge is 2.15. The summed E-state index contributed by atoms with van der Waals surface area (Å²) in [4.78, 5) is 15.7. The lowest BCUT2D eigenvalue weighted by Gasteiger charge is -2.09. The molecule has 6 heteroatoms. The standard InChI is InChI=1S/C16H16N4O2/c1-10(16(17)21)20-9-11(8-19-20)12-5-6-14(22-2)15-13(12)4-3-7-18-15/h3-10H,1-2H3,(H2,17,21)/t10-/m0/s1. The van der Waals surface area contributed by atoms with E-state index in [4.69, 9.17) is 10.5 Å². The minimum Gasteiger partial charge on any atom is -0.494 e. The lowest BCUT2D eigenvalue weighted by molar-refractivity contribution is -0.120. The smallest absolute Gasteiger partial charge is 0.241 e. The van der Waals surface area contributed by atoms with Gasteiger partial charge in [0.25, 0.3) is 0 Å². The van der Waals surface area contributed by atoms with Gasteiger partial charge < -0.3 is 10.5 Å². The number of nitrogens with two attached hydrogens (primary N) is 1. The van der Waals surface area contributed by atoms with Crippen molar-refractivity contribution in [2.45, 2.75) is 13.0 Å². The highest BCUT2D eigenvalue weighted by atomic mass is 16.5. The number of hydrogen-bond acceptors (Lipinski definition) is 4. The van der Waals surface area contributed by atoms with Crippen molar-refractivity contribution >= 4 is 16.8 Å². The Bertz CT molecular complexity index is 841. The molecule has 0 radical (unpaired) electrons. The van der Waals surface area contributed by atoms with Gasteiger partial charge in [0.2, 0.25) is 5.91 Å². The fourth-order valence-electron chi connectivity index (χ4n) is 2.38. The van der Waals surface area contributed by atoms with Crippen LogP contribution >= 0.6 is 0 Å². The van der Waals surface area contributed by atoms with Gasteiger partial charge in [-0.15, -0.1) is 0 Å². The maximum absolute atomic E-state index is 11.3. The number of carbonyl (C=O) groups excluding carboxylic acids is 1. The minimum absolute atomic E-state index is 0.420. The van der Waals surface area contributed by atoms with Crippen molar-refractivity contribution in [2.75, 3.05) is 7.11 Å². The first-order valence-electron chi connectivity index (χ1n) is 6.87. The third kappa shape index (κ3) is 2.28. The van der Waals surface area contributed by atoms with Gasteiger partial charge >= 0.3 is 0 Å². The van der Waals surface area contributed by atoms with Gasteiger partial charge in [-0.25, -0.2) is 0 Å². The highest BCUT2D eigenvalue weighted by Crippen LogP contribution is 2.33. The Morgan fingerprint density at radius 1 is 1.36 bits per heavy atom. The molecule has 3 rings (SSSR count). The molecule has 112 valence electrons. The number of rotatable bonds is 4. The Morgan fingerprint density at radius 3 is 2.91 bits per heavy atom. The van der Waals surface area contributed by atoms with Gasteiger partial charge in [-0.05, 0) is 30.7 Å². The normalized spacial score (nSPS) is 12.3. The summed E-state index contributed by atoms with van der Waals surface area (Å²) in [6.07, 6.45) is 5.25. The molecule has 2 N–H and O–H groups in total. The molecule has 2 aromatic heterocycles. The summed E-state index contributed by atoms with van der Waals surface area (Å²) < 4.78 is 6.91. The molecule has 2 heterocycles. The Labute approximate surface area is 127 Å². The zero-order valence-electron chi connectivity index (χ0n) is 12.4. The zero-order chi connectivity index (χ0) is 15.7. The number of aromatic nitrogens is 3. The number of carbonyl (C=O) groups is 1. The van der Waals surface area contributed by atoms with Crippen LogP contribution in [0.25, 0.3) is 22.0 Å². The van der Waals surface area contributed by atoms with Crippen molar-refractivity contribution in [2.24, 2.45) is 5.73 Å². The first-order chi connectivity index (χ1) is 10.6. The molecule has 0 aliphatic rings. The van der Waals surface area contributed by atoms with Gasteiger partial charge in [0.15, 0.2) is 0 Å². The summed E-state index contributed by atoms with van der Waals surface area (Å²) in [5.74, 6) is 0.299. The third-order valence-corrected chi connectivity index (χ3v) is 3.67. The van der Waals surface area contributed by atoms with Gasteiger partial charge in [-0.2, -0.15) is 5.10 Å². The molecular formula is C16H16N4O2. The number of amides is 1. The Morgan fingerprint density at radius 2 is 2.18 bits per heavy atom. The second-order valence-corrected chi connectivity index (χ2v) is 5.00. The maximum Gasteiger partial charge on any atom is 0.241 e. The molecule has 3 aromatic rings. The zero-order valence-corrected chi connectivity index (χ0v) is 12.4. The monoisotopic (exact) mass is 296 g/mol. The van der Waals surface area contributed by atoms with Gasteiger partial charge in [0.05, 0.1) is 13.3 Å². The molecule has 1 atom stereocenters. The lowest BCUT2D eigenvalue weighted by atomic mass is 10.0. The molecule has 1 amide bonds. The average molecular weight is 296 g/mol. The number of fused-ring (bicyclic) bond motifs is 1. The van der Waals surface area contributed by atoms with Crippen LogP contribution in [-0.4, -0.2) is 27.8 Å². The molecule has 0 unspecified atom stereocenters. The predicted molar refractivity (Wildman–Crippen MR) is 83.4 cm³/mol. The van der Waals surface area contributed by atoms with Crippen LogP contribution in [0.1, 0.15) is 13.0 Å². The van der Waals surface area contributed by atoms with Crippen molar-refractivity contribution in [1.29, 1.82) is 0 Å². The van der Waals surface area contributed by atoms with E-state index < -0.39 is 11.9 Å². The molecule has 6 nitrogen and oxygen atoms in total. The Balaban J connectivity index is 2.13. The van der Waals surface area contributed by atoms with Crippen LogP contribution in [-0.2, 0) is 4.79 Å². The molecule has 0 saturated carbocycles. The van der Waals surface area contributed by atoms with E-state index in [1.165, 1.54) is 0 Å². The molecule has 0 fully saturated rings. The summed E-state index contributed by atoms with van der Waals surface area (Å²) in [5.41, 5.74) is 7.98. The van der Waals surface area contributed by atoms with E-state index in [0.29, 0.717) is 0 Å². The largest absolute Gasteiger partial charge is 0.494 e. The fourth-order valence-corrected chi connectivity index (χ4v) is 2.38. The number of hydrogen-bond donors (Lipinski definition) is 1. The van der Waals surface area contributed by atoms with Crippen LogP contribution < -0.4 is 10.5 Å². The quantitative estimate of drug-likeness (QED) is 0.799. The average Bonchev–Trinajstić information content (AvgIpc) is 3.02. The molecule has 0 aliphatic heterocycles. The van der Waals surface area contributed by atoms with Crippen LogP contribution in [0.15, 0.2) is 42.9 Å². The van der Waals surface area contributed by atoms with Crippen molar-refractivity contribution < 1.29 is 9.53 Å². The molecule has 0 saturated heterocycles. The molecule has 0 aliphatic carbocycles. The van der Waals surface area contributed by atoms with Crippen LogP contribution in [0.4, 0.5) is 0 Å². The van der Waals surface area contributed by atoms with Gasteiger partial charge in [-0.1, -0.05) is 6.07 Å². The SMILES string of the molecule is COc1ccc(-c2cnn([C@@H](C)C(N)=O)c2)c2cccnc12. The highest BCUT2D eigenvalue weighted by molar-refractivity contribution is 5.97. The number of ether oxygens (including phenoxy) is 1. The summed E-state index contributed by atoms with van der Waals surface area (Å²) in [5, 5.41) is 5.19. The number of pyridine rings is 1. The number of primary amides is 1. The Hall–Kier alpha value is -2.89. The van der Waals surface area contributed by atoms with Gasteiger partial charge in [0.1, 0.15) is 17.3 Å². The van der Waals surface area contributed by atoms with Crippen LogP contribution in [0.3, 0.4) is 0 Å². The lowest BCUT2D eigenvalue weighted by Crippen LogP contribution is -2.24. The molecule has 0 bridgehead atoms. The van der Waals surface area contributed by atoms with Crippen molar-refractivity contribution in [3.8, 4) is 16.9 Å². The first-order valence-corrected chi connectivity index (χ1v) is 6.87. The molecular weight excluding hydrogens is 280 g/mol. The van der Waals surface area contributed by atoms with Crippen LogP contribution in [0, 0.1) is 0 Å². The van der Waals surface area contributed by atoms with E-state index in [2.05, 4.69) is 10.1 Å². The molecule has 1 aromatic carbocycles. The second-order valence-electron chi connectivity index (χ2n) is 5.00. The van der Waals surface area contributed by atoms with Crippen molar-refractivity contribution in [1.82, 2.24) is 14.8 Å². The van der Waals surface area contributed by atoms with Crippen molar-refractivity contribution in [3.63, 3.8) is 0 Å². The van der Waals surface area contributed by atoms with E-state index in [-0.39, 0.29) is 0 Å². The van der Waals surface area contributed by atoms with E-state index >= 15 is 0 Å². The summed E-state index contributed by atoms with van der Waals surface area (Å²) in [6.45, 7) is 1.72. The minimum atomic E-state index is -0.489. The first kappa shape index (κ1) is 14.1.